The van der Waals surface area contributed by atoms with Crippen molar-refractivity contribution in [1.29, 1.82) is 0 Å². The van der Waals surface area contributed by atoms with Gasteiger partial charge in [0.25, 0.3) is 0 Å². The molecule has 0 N–H and O–H groups in total. The highest BCUT2D eigenvalue weighted by molar-refractivity contribution is 6.24. The molecule has 0 fully saturated rings. The van der Waals surface area contributed by atoms with E-state index >= 15 is 0 Å². The Balaban J connectivity index is 1.14. The van der Waals surface area contributed by atoms with Crippen molar-refractivity contribution in [3.8, 4) is 39.3 Å². The molecule has 0 aliphatic heterocycles. The second-order valence-electron chi connectivity index (χ2n) is 13.9. The molecule has 2 nitrogen and oxygen atoms in total. The van der Waals surface area contributed by atoms with Crippen molar-refractivity contribution < 1.29 is 0 Å². The zero-order valence-corrected chi connectivity index (χ0v) is 28.9. The Bertz CT molecular complexity index is 3150. The topological polar surface area (TPSA) is 17.8 Å². The van der Waals surface area contributed by atoms with Crippen LogP contribution in [0.2, 0.25) is 0 Å². The third-order valence-corrected chi connectivity index (χ3v) is 10.9. The molecule has 11 rings (SSSR count). The third-order valence-electron chi connectivity index (χ3n) is 10.9. The molecule has 0 radical (unpaired) electrons. The van der Waals surface area contributed by atoms with Crippen LogP contribution < -0.4 is 0 Å². The first-order valence-corrected chi connectivity index (χ1v) is 18.2. The molecule has 0 spiro atoms. The zero-order valence-electron chi connectivity index (χ0n) is 28.9. The standard InChI is InChI=1S/C51H32N2/c1-2-16-38(17-3-1)53-50-46-25-13-7-19-40(46)39-18-6-12-24-45(39)49(50)52-51(53)35-29-27-34(28-30-35)47-41-20-8-10-22-43(41)48(44-23-11-9-21-42(44)47)37-31-26-33-14-4-5-15-36(33)32-37/h1-32H. The van der Waals surface area contributed by atoms with Crippen LogP contribution in [-0.2, 0) is 0 Å². The van der Waals surface area contributed by atoms with Crippen LogP contribution in [0.5, 0.6) is 0 Å². The molecule has 0 aliphatic carbocycles. The number of hydrogen-bond donors (Lipinski definition) is 0. The van der Waals surface area contributed by atoms with Gasteiger partial charge in [0, 0.05) is 22.0 Å². The van der Waals surface area contributed by atoms with Crippen LogP contribution in [0.15, 0.2) is 194 Å². The highest BCUT2D eigenvalue weighted by Gasteiger charge is 2.21. The van der Waals surface area contributed by atoms with Crippen molar-refractivity contribution in [2.45, 2.75) is 0 Å². The number of nitrogens with zero attached hydrogens (tertiary/aromatic N) is 2. The van der Waals surface area contributed by atoms with Gasteiger partial charge in [-0.1, -0.05) is 176 Å². The second kappa shape index (κ2) is 11.8. The highest BCUT2D eigenvalue weighted by atomic mass is 15.1. The summed E-state index contributed by atoms with van der Waals surface area (Å²) in [5.41, 5.74) is 9.26. The molecule has 246 valence electrons. The first-order valence-electron chi connectivity index (χ1n) is 18.2. The zero-order chi connectivity index (χ0) is 34.9. The molecule has 0 amide bonds. The van der Waals surface area contributed by atoms with E-state index in [2.05, 4.69) is 199 Å². The van der Waals surface area contributed by atoms with E-state index in [0.717, 1.165) is 33.5 Å². The number of rotatable bonds is 4. The summed E-state index contributed by atoms with van der Waals surface area (Å²) in [6.07, 6.45) is 0. The average molecular weight is 673 g/mol. The van der Waals surface area contributed by atoms with E-state index in [1.54, 1.807) is 0 Å². The maximum absolute atomic E-state index is 5.47. The second-order valence-corrected chi connectivity index (χ2v) is 13.9. The van der Waals surface area contributed by atoms with Crippen LogP contribution in [0.3, 0.4) is 0 Å². The molecular weight excluding hydrogens is 641 g/mol. The van der Waals surface area contributed by atoms with E-state index in [1.807, 2.05) is 0 Å². The fraction of sp³-hybridized carbons (Fsp3) is 0. The van der Waals surface area contributed by atoms with Gasteiger partial charge in [-0.05, 0) is 83.5 Å². The van der Waals surface area contributed by atoms with Gasteiger partial charge in [-0.25, -0.2) is 4.98 Å². The number of para-hydroxylation sites is 1. The summed E-state index contributed by atoms with van der Waals surface area (Å²) >= 11 is 0. The predicted molar refractivity (Wildman–Crippen MR) is 225 cm³/mol. The van der Waals surface area contributed by atoms with Crippen LogP contribution in [0.4, 0.5) is 0 Å². The number of imidazole rings is 1. The SMILES string of the molecule is c1ccc(-n2c(-c3ccc(-c4c5ccccc5c(-c5ccc6ccccc6c5)c5ccccc45)cc3)nc3c4ccccc4c4ccccc4c32)cc1. The van der Waals surface area contributed by atoms with E-state index in [-0.39, 0.29) is 0 Å². The summed E-state index contributed by atoms with van der Waals surface area (Å²) in [7, 11) is 0. The number of hydrogen-bond acceptors (Lipinski definition) is 1. The van der Waals surface area contributed by atoms with Gasteiger partial charge in [-0.2, -0.15) is 0 Å². The van der Waals surface area contributed by atoms with Crippen molar-refractivity contribution in [2.24, 2.45) is 0 Å². The molecule has 53 heavy (non-hydrogen) atoms. The molecule has 1 heterocycles. The van der Waals surface area contributed by atoms with Crippen molar-refractivity contribution in [2.75, 3.05) is 0 Å². The molecule has 2 heteroatoms. The number of aromatic nitrogens is 2. The minimum absolute atomic E-state index is 0.931. The third kappa shape index (κ3) is 4.56. The molecule has 11 aromatic rings. The Hall–Kier alpha value is -7.03. The summed E-state index contributed by atoms with van der Waals surface area (Å²) in [5, 5.41) is 12.3. The van der Waals surface area contributed by atoms with Crippen LogP contribution in [-0.4, -0.2) is 9.55 Å². The van der Waals surface area contributed by atoms with E-state index in [1.165, 1.54) is 70.7 Å². The minimum Gasteiger partial charge on any atom is -0.292 e. The van der Waals surface area contributed by atoms with E-state index < -0.39 is 0 Å². The van der Waals surface area contributed by atoms with Crippen molar-refractivity contribution in [1.82, 2.24) is 9.55 Å². The molecule has 0 unspecified atom stereocenters. The quantitative estimate of drug-likeness (QED) is 0.134. The summed E-state index contributed by atoms with van der Waals surface area (Å²) in [4.78, 5) is 5.47. The van der Waals surface area contributed by atoms with Crippen LogP contribution in [0, 0.1) is 0 Å². The van der Waals surface area contributed by atoms with Crippen LogP contribution >= 0.6 is 0 Å². The molecule has 0 aliphatic rings. The Morgan fingerprint density at radius 2 is 0.774 bits per heavy atom. The predicted octanol–water partition coefficient (Wildman–Crippen LogP) is 13.8. The number of fused-ring (bicyclic) bond motifs is 9. The fourth-order valence-corrected chi connectivity index (χ4v) is 8.61. The molecule has 0 saturated heterocycles. The van der Waals surface area contributed by atoms with Gasteiger partial charge < -0.3 is 0 Å². The lowest BCUT2D eigenvalue weighted by atomic mass is 9.85. The summed E-state index contributed by atoms with van der Waals surface area (Å²) in [5.74, 6) is 0.931. The molecule has 0 saturated carbocycles. The first kappa shape index (κ1) is 29.7. The lowest BCUT2D eigenvalue weighted by Crippen LogP contribution is -1.98. The summed E-state index contributed by atoms with van der Waals surface area (Å²) in [6.45, 7) is 0. The van der Waals surface area contributed by atoms with Crippen molar-refractivity contribution in [3.05, 3.63) is 194 Å². The first-order chi connectivity index (χ1) is 26.3. The largest absolute Gasteiger partial charge is 0.292 e. The molecule has 0 atom stereocenters. The van der Waals surface area contributed by atoms with E-state index in [0.29, 0.717) is 0 Å². The van der Waals surface area contributed by atoms with Gasteiger partial charge in [-0.3, -0.25) is 4.57 Å². The van der Waals surface area contributed by atoms with E-state index in [4.69, 9.17) is 4.98 Å². The van der Waals surface area contributed by atoms with Crippen LogP contribution in [0.1, 0.15) is 0 Å². The Kier molecular flexibility index (Phi) is 6.59. The van der Waals surface area contributed by atoms with Crippen molar-refractivity contribution >= 4 is 64.9 Å². The minimum atomic E-state index is 0.931. The fourth-order valence-electron chi connectivity index (χ4n) is 8.61. The maximum Gasteiger partial charge on any atom is 0.145 e. The van der Waals surface area contributed by atoms with Gasteiger partial charge in [0.05, 0.1) is 11.0 Å². The maximum atomic E-state index is 5.47. The van der Waals surface area contributed by atoms with Gasteiger partial charge in [0.2, 0.25) is 0 Å². The average Bonchev–Trinajstić information content (AvgIpc) is 3.64. The lowest BCUT2D eigenvalue weighted by molar-refractivity contribution is 1.11. The number of benzene rings is 10. The van der Waals surface area contributed by atoms with Gasteiger partial charge in [-0.15, -0.1) is 0 Å². The monoisotopic (exact) mass is 672 g/mol. The smallest absolute Gasteiger partial charge is 0.145 e. The Morgan fingerprint density at radius 1 is 0.321 bits per heavy atom. The highest BCUT2D eigenvalue weighted by Crippen LogP contribution is 2.45. The van der Waals surface area contributed by atoms with Gasteiger partial charge >= 0.3 is 0 Å². The molecule has 1 aromatic heterocycles. The molecule has 0 bridgehead atoms. The lowest BCUT2D eigenvalue weighted by Gasteiger charge is -2.18. The Morgan fingerprint density at radius 3 is 1.42 bits per heavy atom. The van der Waals surface area contributed by atoms with Gasteiger partial charge in [0.15, 0.2) is 0 Å². The molecule has 10 aromatic carbocycles. The van der Waals surface area contributed by atoms with Crippen LogP contribution in [0.25, 0.3) is 104 Å². The van der Waals surface area contributed by atoms with Gasteiger partial charge in [0.1, 0.15) is 5.82 Å². The Labute approximate surface area is 306 Å². The summed E-state index contributed by atoms with van der Waals surface area (Å²) in [6, 6.07) is 70.3. The molecular formula is C51H32N2. The summed E-state index contributed by atoms with van der Waals surface area (Å²) < 4.78 is 2.35. The van der Waals surface area contributed by atoms with Crippen molar-refractivity contribution in [3.63, 3.8) is 0 Å². The normalized spacial score (nSPS) is 11.8. The van der Waals surface area contributed by atoms with E-state index in [9.17, 15) is 0 Å².